The first-order chi connectivity index (χ1) is 5.56. The van der Waals surface area contributed by atoms with Gasteiger partial charge in [0, 0.05) is 196 Å². The van der Waals surface area contributed by atoms with Crippen LogP contribution in [0.5, 0.6) is 0 Å². The summed E-state index contributed by atoms with van der Waals surface area (Å²) in [5.41, 5.74) is 0.777. The maximum absolute atomic E-state index is 2.50. The van der Waals surface area contributed by atoms with E-state index in [0.717, 1.165) is 0 Å². The van der Waals surface area contributed by atoms with Crippen LogP contribution >= 0.6 is 0 Å². The third-order valence-corrected chi connectivity index (χ3v) is 5.06. The molecule has 0 atom stereocenters. The molecular weight excluding hydrogens is 692 g/mol. The van der Waals surface area contributed by atoms with E-state index in [1.54, 1.807) is 5.92 Å². The van der Waals surface area contributed by atoms with Gasteiger partial charge in [-0.05, 0) is 26.4 Å². The average Bonchev–Trinajstić information content (AvgIpc) is 2.05. The van der Waals surface area contributed by atoms with Gasteiger partial charge in [0.15, 0.2) is 0 Å². The second kappa shape index (κ2) is 14.6. The van der Waals surface area contributed by atoms with Crippen LogP contribution in [0.4, 0.5) is 0 Å². The number of hydrogen-bond acceptors (Lipinski definition) is 1. The van der Waals surface area contributed by atoms with Gasteiger partial charge in [-0.1, -0.05) is 27.7 Å². The average molecular weight is 716 g/mol. The Bertz CT molecular complexity index is 208. The topological polar surface area (TPSA) is 3.24 Å². The van der Waals surface area contributed by atoms with Crippen molar-refractivity contribution < 1.29 is 196 Å². The van der Waals surface area contributed by atoms with E-state index >= 15 is 0 Å². The molecule has 0 amide bonds. The molecule has 1 aliphatic rings. The van der Waals surface area contributed by atoms with Gasteiger partial charge in [-0.3, -0.25) is 5.92 Å². The van der Waals surface area contributed by atoms with E-state index in [4.69, 9.17) is 0 Å². The van der Waals surface area contributed by atoms with Crippen LogP contribution in [0.25, 0.3) is 0 Å². The molecule has 1 heterocycles. The standard InChI is InChI=1S/C12H24N.6Y/c1-9-10(2,3)12(6,7)13(8)11(9,4)5;;;;;;/h1-8H3;;;;;;/q-1;;;;;;. The van der Waals surface area contributed by atoms with Crippen molar-refractivity contribution in [3.05, 3.63) is 5.92 Å². The van der Waals surface area contributed by atoms with Gasteiger partial charge in [-0.15, -0.1) is 11.0 Å². The molecule has 1 aliphatic heterocycles. The van der Waals surface area contributed by atoms with Gasteiger partial charge in [-0.25, -0.2) is 0 Å². The van der Waals surface area contributed by atoms with E-state index in [2.05, 4.69) is 60.4 Å². The second-order valence-electron chi connectivity index (χ2n) is 5.93. The normalized spacial score (nSPS) is 22.1. The van der Waals surface area contributed by atoms with Crippen molar-refractivity contribution >= 4 is 0 Å². The van der Waals surface area contributed by atoms with Crippen molar-refractivity contribution in [3.8, 4) is 0 Å². The monoisotopic (exact) mass is 716 g/mol. The predicted molar refractivity (Wildman–Crippen MR) is 58.6 cm³/mol. The molecule has 0 aromatic rings. The fourth-order valence-corrected chi connectivity index (χ4v) is 2.59. The largest absolute Gasteiger partial charge is 0.327 e. The zero-order valence-corrected chi connectivity index (χ0v) is 30.9. The third kappa shape index (κ3) is 8.00. The molecular formula is C12H24NY6-. The smallest absolute Gasteiger partial charge is 0 e. The maximum Gasteiger partial charge on any atom is 0 e. The number of rotatable bonds is 0. The fourth-order valence-electron chi connectivity index (χ4n) is 2.59. The van der Waals surface area contributed by atoms with Gasteiger partial charge in [-0.2, -0.15) is 6.92 Å². The van der Waals surface area contributed by atoms with Gasteiger partial charge in [0.2, 0.25) is 0 Å². The number of hydrogen-bond donors (Lipinski definition) is 0. The van der Waals surface area contributed by atoms with E-state index in [0.29, 0.717) is 5.41 Å². The third-order valence-electron chi connectivity index (χ3n) is 5.06. The molecule has 6 radical (unpaired) electrons. The van der Waals surface area contributed by atoms with Crippen LogP contribution in [0.2, 0.25) is 0 Å². The molecule has 0 saturated carbocycles. The Morgan fingerprint density at radius 1 is 0.684 bits per heavy atom. The minimum atomic E-state index is 0. The molecule has 0 bridgehead atoms. The van der Waals surface area contributed by atoms with Crippen molar-refractivity contribution in [2.24, 2.45) is 5.41 Å². The Kier molecular flexibility index (Phi) is 31.0. The van der Waals surface area contributed by atoms with E-state index in [9.17, 15) is 0 Å². The first-order valence-electron chi connectivity index (χ1n) is 5.14. The van der Waals surface area contributed by atoms with Crippen molar-refractivity contribution in [2.75, 3.05) is 7.05 Å². The van der Waals surface area contributed by atoms with Crippen LogP contribution in [0.3, 0.4) is 0 Å². The van der Waals surface area contributed by atoms with Crippen LogP contribution in [-0.4, -0.2) is 23.0 Å². The van der Waals surface area contributed by atoms with Crippen LogP contribution < -0.4 is 0 Å². The summed E-state index contributed by atoms with van der Waals surface area (Å²) in [7, 11) is 2.23. The first kappa shape index (κ1) is 40.3. The van der Waals surface area contributed by atoms with Crippen molar-refractivity contribution in [3.63, 3.8) is 0 Å². The molecule has 7 heteroatoms. The zero-order valence-electron chi connectivity index (χ0n) is 13.9. The Hall–Kier alpha value is 6.58. The Morgan fingerprint density at radius 2 is 0.947 bits per heavy atom. The molecule has 19 heavy (non-hydrogen) atoms. The summed E-state index contributed by atoms with van der Waals surface area (Å²) >= 11 is 0. The fraction of sp³-hybridized carbons (Fsp3) is 0.917. The molecule has 0 aromatic heterocycles. The maximum atomic E-state index is 2.50. The van der Waals surface area contributed by atoms with Crippen LogP contribution in [0, 0.1) is 11.3 Å². The van der Waals surface area contributed by atoms with E-state index in [1.807, 2.05) is 0 Å². The van der Waals surface area contributed by atoms with Gasteiger partial charge < -0.3 is 4.90 Å². The van der Waals surface area contributed by atoms with E-state index < -0.39 is 0 Å². The summed E-state index contributed by atoms with van der Waals surface area (Å²) < 4.78 is 0. The second-order valence-corrected chi connectivity index (χ2v) is 5.93. The van der Waals surface area contributed by atoms with Gasteiger partial charge >= 0.3 is 0 Å². The first-order valence-corrected chi connectivity index (χ1v) is 5.14. The van der Waals surface area contributed by atoms with Gasteiger partial charge in [0.05, 0.1) is 0 Å². The molecule has 0 N–H and O–H groups in total. The molecule has 96 valence electrons. The van der Waals surface area contributed by atoms with Gasteiger partial charge in [0.25, 0.3) is 0 Å². The molecule has 1 saturated heterocycles. The van der Waals surface area contributed by atoms with Crippen LogP contribution in [0.15, 0.2) is 0 Å². The number of nitrogens with zero attached hydrogens (tertiary/aromatic N) is 1. The summed E-state index contributed by atoms with van der Waals surface area (Å²) in [4.78, 5) is 2.50. The summed E-state index contributed by atoms with van der Waals surface area (Å²) in [5.74, 6) is 1.59. The van der Waals surface area contributed by atoms with Crippen molar-refractivity contribution in [1.29, 1.82) is 0 Å². The van der Waals surface area contributed by atoms with Gasteiger partial charge in [0.1, 0.15) is 0 Å². The Morgan fingerprint density at radius 3 is 1.00 bits per heavy atom. The van der Waals surface area contributed by atoms with Crippen molar-refractivity contribution in [2.45, 2.75) is 59.5 Å². The minimum absolute atomic E-state index is 0. The molecule has 0 unspecified atom stereocenters. The Labute approximate surface area is 272 Å². The summed E-state index contributed by atoms with van der Waals surface area (Å²) in [6, 6.07) is 0. The molecule has 1 nitrogen and oxygen atoms in total. The van der Waals surface area contributed by atoms with E-state index in [1.165, 1.54) is 0 Å². The van der Waals surface area contributed by atoms with E-state index in [-0.39, 0.29) is 207 Å². The van der Waals surface area contributed by atoms with Crippen LogP contribution in [0.1, 0.15) is 48.5 Å². The Balaban J connectivity index is -0.0000000704. The predicted octanol–water partition coefficient (Wildman–Crippen LogP) is 3.09. The molecule has 1 fully saturated rings. The summed E-state index contributed by atoms with van der Waals surface area (Å²) in [6.45, 7) is 16.3. The quantitative estimate of drug-likeness (QED) is 0.349. The summed E-state index contributed by atoms with van der Waals surface area (Å²) in [6.07, 6.45) is 0. The minimum Gasteiger partial charge on any atom is -0.327 e. The molecule has 0 aromatic carbocycles. The molecule has 0 aliphatic carbocycles. The molecule has 0 spiro atoms. The zero-order chi connectivity index (χ0) is 10.7. The van der Waals surface area contributed by atoms with Crippen molar-refractivity contribution in [1.82, 2.24) is 4.90 Å². The van der Waals surface area contributed by atoms with Crippen LogP contribution in [-0.2, 0) is 196 Å². The number of likely N-dealkylation sites (tertiary alicyclic amines) is 1. The SMILES string of the molecule is C[C-]1C(C)(C)N(C)C(C)(C)C1(C)C.[Y].[Y].[Y].[Y].[Y].[Y]. The molecule has 1 rings (SSSR count). The summed E-state index contributed by atoms with van der Waals surface area (Å²) in [5, 5.41) is 0.